The third-order valence-corrected chi connectivity index (χ3v) is 5.82. The quantitative estimate of drug-likeness (QED) is 0.698. The van der Waals surface area contributed by atoms with Gasteiger partial charge in [0.2, 0.25) is 5.75 Å². The van der Waals surface area contributed by atoms with Gasteiger partial charge in [-0.1, -0.05) is 6.07 Å². The molecule has 1 aliphatic rings. The molecular weight excluding hydrogens is 384 g/mol. The van der Waals surface area contributed by atoms with Gasteiger partial charge in [-0.3, -0.25) is 0 Å². The topological polar surface area (TPSA) is 71.0 Å². The molecule has 1 aliphatic carbocycles. The van der Waals surface area contributed by atoms with Gasteiger partial charge in [-0.05, 0) is 47.7 Å². The molecule has 7 heteroatoms. The van der Waals surface area contributed by atoms with E-state index in [4.69, 9.17) is 18.9 Å². The average Bonchev–Trinajstić information content (AvgIpc) is 3.07. The van der Waals surface area contributed by atoms with Crippen molar-refractivity contribution in [2.45, 2.75) is 18.9 Å². The van der Waals surface area contributed by atoms with Crippen LogP contribution in [0.3, 0.4) is 0 Å². The maximum atomic E-state index is 12.1. The molecule has 1 heterocycles. The summed E-state index contributed by atoms with van der Waals surface area (Å²) in [6.07, 6.45) is 3.01. The Hall–Kier alpha value is -3.35. The molecule has 30 heavy (non-hydrogen) atoms. The van der Waals surface area contributed by atoms with Gasteiger partial charge in [-0.15, -0.1) is 0 Å². The van der Waals surface area contributed by atoms with Crippen LogP contribution < -0.4 is 19.5 Å². The second-order valence-corrected chi connectivity index (χ2v) is 7.29. The molecule has 1 aromatic heterocycles. The number of carbonyl (C=O) groups is 1. The van der Waals surface area contributed by atoms with Crippen molar-refractivity contribution in [2.75, 3.05) is 28.4 Å². The zero-order valence-electron chi connectivity index (χ0n) is 17.9. The summed E-state index contributed by atoms with van der Waals surface area (Å²) in [5.74, 6) is 1.80. The number of fused-ring (bicyclic) bond motifs is 5. The number of amides is 1. The van der Waals surface area contributed by atoms with Gasteiger partial charge in [0.05, 0.1) is 34.5 Å². The fourth-order valence-electron chi connectivity index (χ4n) is 4.46. The fourth-order valence-corrected chi connectivity index (χ4v) is 4.46. The molecular formula is C23H26N2O5. The minimum atomic E-state index is -0.452. The number of carbonyl (C=O) groups excluding carboxylic acids is 1. The molecule has 7 nitrogen and oxygen atoms in total. The first kappa shape index (κ1) is 19.9. The van der Waals surface area contributed by atoms with Crippen LogP contribution in [0.5, 0.6) is 17.2 Å². The van der Waals surface area contributed by atoms with Crippen LogP contribution in [0.15, 0.2) is 30.5 Å². The highest BCUT2D eigenvalue weighted by Gasteiger charge is 2.31. The van der Waals surface area contributed by atoms with Crippen LogP contribution in [0, 0.1) is 0 Å². The molecule has 0 saturated heterocycles. The van der Waals surface area contributed by atoms with Crippen LogP contribution in [-0.2, 0) is 18.2 Å². The number of ether oxygens (including phenoxy) is 4. The lowest BCUT2D eigenvalue weighted by molar-refractivity contribution is 0.166. The summed E-state index contributed by atoms with van der Waals surface area (Å²) in [7, 11) is 8.24. The van der Waals surface area contributed by atoms with E-state index >= 15 is 0 Å². The van der Waals surface area contributed by atoms with E-state index < -0.39 is 6.09 Å². The number of hydrogen-bond donors (Lipinski definition) is 1. The molecule has 0 bridgehead atoms. The molecule has 0 radical (unpaired) electrons. The van der Waals surface area contributed by atoms with Gasteiger partial charge < -0.3 is 28.8 Å². The van der Waals surface area contributed by atoms with Crippen LogP contribution in [0.1, 0.15) is 23.6 Å². The second-order valence-electron chi connectivity index (χ2n) is 7.29. The lowest BCUT2D eigenvalue weighted by atomic mass is 9.91. The Morgan fingerprint density at radius 3 is 2.50 bits per heavy atom. The van der Waals surface area contributed by atoms with Crippen molar-refractivity contribution in [1.82, 2.24) is 9.88 Å². The molecule has 2 aromatic carbocycles. The summed E-state index contributed by atoms with van der Waals surface area (Å²) >= 11 is 0. The molecule has 0 spiro atoms. The Morgan fingerprint density at radius 1 is 1.07 bits per heavy atom. The maximum Gasteiger partial charge on any atom is 0.407 e. The van der Waals surface area contributed by atoms with Gasteiger partial charge in [-0.2, -0.15) is 0 Å². The Labute approximate surface area is 175 Å². The number of rotatable bonds is 4. The first-order valence-corrected chi connectivity index (χ1v) is 9.78. The summed E-state index contributed by atoms with van der Waals surface area (Å²) in [6.45, 7) is 0. The number of nitrogens with zero attached hydrogens (tertiary/aromatic N) is 1. The van der Waals surface area contributed by atoms with E-state index in [0.717, 1.165) is 39.6 Å². The van der Waals surface area contributed by atoms with Crippen LogP contribution in [0.2, 0.25) is 0 Å². The van der Waals surface area contributed by atoms with E-state index in [0.29, 0.717) is 23.7 Å². The van der Waals surface area contributed by atoms with Crippen molar-refractivity contribution in [2.24, 2.45) is 7.05 Å². The number of aromatic nitrogens is 1. The number of methoxy groups -OCH3 is 4. The van der Waals surface area contributed by atoms with Gasteiger partial charge in [0.25, 0.3) is 0 Å². The predicted octanol–water partition coefficient (Wildman–Crippen LogP) is 4.21. The smallest absolute Gasteiger partial charge is 0.407 e. The van der Waals surface area contributed by atoms with Gasteiger partial charge in [0.1, 0.15) is 0 Å². The van der Waals surface area contributed by atoms with E-state index in [-0.39, 0.29) is 6.04 Å². The molecule has 0 saturated carbocycles. The number of benzene rings is 2. The van der Waals surface area contributed by atoms with Crippen molar-refractivity contribution in [3.63, 3.8) is 0 Å². The van der Waals surface area contributed by atoms with Crippen LogP contribution >= 0.6 is 0 Å². The normalized spacial score (nSPS) is 15.0. The van der Waals surface area contributed by atoms with Crippen LogP contribution in [0.4, 0.5) is 4.79 Å². The summed E-state index contributed by atoms with van der Waals surface area (Å²) in [5.41, 5.74) is 5.18. The highest BCUT2D eigenvalue weighted by atomic mass is 16.5. The van der Waals surface area contributed by atoms with Crippen LogP contribution in [-0.4, -0.2) is 39.1 Å². The van der Waals surface area contributed by atoms with Crippen molar-refractivity contribution in [3.8, 4) is 28.4 Å². The number of nitrogens with one attached hydrogen (secondary N) is 1. The fraction of sp³-hybridized carbons (Fsp3) is 0.348. The first-order valence-electron chi connectivity index (χ1n) is 9.78. The Balaban J connectivity index is 2.06. The highest BCUT2D eigenvalue weighted by Crippen LogP contribution is 2.51. The summed E-state index contributed by atoms with van der Waals surface area (Å²) in [4.78, 5) is 12.1. The maximum absolute atomic E-state index is 12.1. The van der Waals surface area contributed by atoms with E-state index in [1.807, 2.05) is 19.3 Å². The van der Waals surface area contributed by atoms with E-state index in [9.17, 15) is 4.79 Å². The van der Waals surface area contributed by atoms with Crippen molar-refractivity contribution >= 4 is 17.0 Å². The molecule has 1 atom stereocenters. The second kappa shape index (κ2) is 7.82. The molecule has 0 fully saturated rings. The first-order chi connectivity index (χ1) is 14.5. The Morgan fingerprint density at radius 2 is 1.83 bits per heavy atom. The van der Waals surface area contributed by atoms with E-state index in [1.54, 1.807) is 21.3 Å². The lowest BCUT2D eigenvalue weighted by Gasteiger charge is -2.22. The van der Waals surface area contributed by atoms with Crippen molar-refractivity contribution in [1.29, 1.82) is 0 Å². The van der Waals surface area contributed by atoms with Gasteiger partial charge in [0.15, 0.2) is 11.5 Å². The van der Waals surface area contributed by atoms with Crippen molar-refractivity contribution in [3.05, 3.63) is 41.6 Å². The predicted molar refractivity (Wildman–Crippen MR) is 115 cm³/mol. The third kappa shape index (κ3) is 3.01. The molecule has 0 aliphatic heterocycles. The lowest BCUT2D eigenvalue weighted by Crippen LogP contribution is -2.28. The summed E-state index contributed by atoms with van der Waals surface area (Å²) < 4.78 is 24.0. The zero-order valence-corrected chi connectivity index (χ0v) is 17.9. The van der Waals surface area contributed by atoms with E-state index in [1.165, 1.54) is 7.11 Å². The minimum Gasteiger partial charge on any atom is -0.493 e. The minimum absolute atomic E-state index is 0.215. The third-order valence-electron chi connectivity index (χ3n) is 5.82. The Kier molecular flexibility index (Phi) is 5.20. The largest absolute Gasteiger partial charge is 0.493 e. The molecule has 1 N–H and O–H groups in total. The molecule has 1 amide bonds. The Bertz CT molecular complexity index is 1120. The standard InChI is InChI=1S/C23H26N2O5/c1-25-11-10-14-17(25)9-7-15-19-13(6-8-16(20(14)15)24-23(26)30-5)12-18(27-2)21(28-3)22(19)29-4/h7,9-12,16H,6,8H2,1-5H3,(H,24,26). The van der Waals surface area contributed by atoms with E-state index in [2.05, 4.69) is 28.1 Å². The monoisotopic (exact) mass is 410 g/mol. The summed E-state index contributed by atoms with van der Waals surface area (Å²) in [6, 6.07) is 8.04. The zero-order chi connectivity index (χ0) is 21.4. The summed E-state index contributed by atoms with van der Waals surface area (Å²) in [5, 5.41) is 4.11. The van der Waals surface area contributed by atoms with Gasteiger partial charge in [-0.25, -0.2) is 4.79 Å². The highest BCUT2D eigenvalue weighted by molar-refractivity contribution is 5.94. The number of hydrogen-bond acceptors (Lipinski definition) is 5. The van der Waals surface area contributed by atoms with Crippen LogP contribution in [0.25, 0.3) is 22.0 Å². The van der Waals surface area contributed by atoms with Gasteiger partial charge in [0, 0.05) is 29.7 Å². The SMILES string of the molecule is COC(=O)NC1CCc2cc(OC)c(OC)c(OC)c2-c2ccc3c(ccn3C)c21. The molecule has 4 rings (SSSR count). The molecule has 158 valence electrons. The number of alkyl carbamates (subject to hydrolysis) is 1. The molecule has 1 unspecified atom stereocenters. The van der Waals surface area contributed by atoms with Crippen molar-refractivity contribution < 1.29 is 23.7 Å². The average molecular weight is 410 g/mol. The number of aryl methyl sites for hydroxylation is 2. The van der Waals surface area contributed by atoms with Gasteiger partial charge >= 0.3 is 6.09 Å². The molecule has 3 aromatic rings.